The molecule has 4 saturated heterocycles. The Kier molecular flexibility index (Phi) is 37.6. The first kappa shape index (κ1) is 88.8. The maximum atomic E-state index is 12.3. The van der Waals surface area contributed by atoms with Gasteiger partial charge in [-0.15, -0.1) is 0 Å². The second-order valence-corrected chi connectivity index (χ2v) is 39.4. The van der Waals surface area contributed by atoms with Crippen LogP contribution >= 0.6 is 50.4 Å². The van der Waals surface area contributed by atoms with Crippen molar-refractivity contribution in [1.82, 2.24) is 24.1 Å². The first-order valence-corrected chi connectivity index (χ1v) is 37.9. The van der Waals surface area contributed by atoms with Crippen molar-refractivity contribution >= 4 is 93.2 Å². The zero-order valence-corrected chi connectivity index (χ0v) is 59.8. The molecule has 3 N–H and O–H groups in total. The van der Waals surface area contributed by atoms with Gasteiger partial charge in [-0.1, -0.05) is 187 Å². The van der Waals surface area contributed by atoms with Crippen LogP contribution in [0, 0.1) is 27.1 Å². The number of nitrogens with one attached hydrogen (secondary N) is 2. The van der Waals surface area contributed by atoms with E-state index in [1.807, 2.05) is 106 Å². The molecule has 0 saturated carbocycles. The Bertz CT molecular complexity index is 2400. The van der Waals surface area contributed by atoms with E-state index in [9.17, 15) is 22.2 Å². The fourth-order valence-corrected chi connectivity index (χ4v) is 10.5. The van der Waals surface area contributed by atoms with E-state index in [0.29, 0.717) is 19.8 Å². The Morgan fingerprint density at radius 1 is 0.699 bits per heavy atom. The van der Waals surface area contributed by atoms with Crippen LogP contribution in [-0.2, 0) is 71.2 Å². The number of halogens is 5. The summed E-state index contributed by atoms with van der Waals surface area (Å²) in [5, 5.41) is 15.6. The Labute approximate surface area is 536 Å². The molecule has 4 heterocycles. The van der Waals surface area contributed by atoms with E-state index in [-0.39, 0.29) is 97.7 Å². The molecular formula is C58H109Cl5N5O11RuS3. The number of aliphatic hydroxyl groups is 1. The summed E-state index contributed by atoms with van der Waals surface area (Å²) in [6.07, 6.45) is 0. The number of carbonyl (C=O) groups excluding carboxylic acids is 2. The number of rotatable bonds is 4. The number of hydrogen-bond donors (Lipinski definition) is 3. The number of hydrogen-bond acceptors (Lipinski definition) is 14. The second kappa shape index (κ2) is 35.1. The minimum absolute atomic E-state index is 0. The molecule has 4 aliphatic heterocycles. The van der Waals surface area contributed by atoms with Gasteiger partial charge in [-0.05, 0) is 86.9 Å². The SMILES string of the molecule is C.C.C.CC(C)(C)[C@@]1(C)N[C@H](c2ccccc2)COC1=O.CN1S(=O)OC[C@@]1(C)C(C)(C)C.CN1[C@H](c2ccccc2)COC(=O)[C@@]1(C)C(C)(C)C.CN1[C@](C)(C(C)(C)C)COS1(=O)=O.CN[C@@](C)(CO)C(C)(C)C.O=S(Cl)Cl.[Cl][Ru]([Cl])[Cl]. The maximum absolute atomic E-state index is 12.3. The quantitative estimate of drug-likeness (QED) is 0.149. The van der Waals surface area contributed by atoms with Gasteiger partial charge in [0.05, 0.1) is 43.0 Å². The average Bonchev–Trinajstić information content (AvgIpc) is 3.73. The zero-order valence-electron chi connectivity index (χ0n) is 51.8. The van der Waals surface area contributed by atoms with Crippen molar-refractivity contribution in [2.24, 2.45) is 27.1 Å². The van der Waals surface area contributed by atoms with Gasteiger partial charge in [-0.25, -0.2) is 8.42 Å². The van der Waals surface area contributed by atoms with Crippen LogP contribution in [0.1, 0.15) is 184 Å². The standard InChI is InChI=1S/C16H23NO2.C15H21NO2.C8H17NO3S.C8H17NO2S.C8H19NO.3CH4.Cl2OS.3ClH.Ru/c1-15(2,3)16(4)14(18)19-11-13(17(16)5)12-9-7-6-8-10-12;1-14(2,3)15(4)13(17)18-10-12(16-15)11-8-6-5-7-9-11;1-7(2,3)8(4)6-12-13(10,11)9(8)5;1-7(2,3)8(4)6-11-12(10)9(8)5;1-7(2,3)8(4,6-10)9-5;;;;1-4(2)3;;;;/h6-10,13H,11H2,1-5H3;5-9,12,16H,10H2,1-4H3;6H2,1-5H3;6H2,1-5H3;9-10H,6H2,1-5H3;3*1H4;;3*1H;/q;;;;;;;;;;;;+3/p-3/t13-,16-;12-,15-;8-;8-,12?;8-;;;;;;;;/m00000......../s1. The van der Waals surface area contributed by atoms with E-state index in [0.717, 1.165) is 5.56 Å². The molecule has 6 rings (SSSR count). The second-order valence-electron chi connectivity index (χ2n) is 26.1. The summed E-state index contributed by atoms with van der Waals surface area (Å²) < 4.78 is 66.9. The molecule has 8 atom stereocenters. The van der Waals surface area contributed by atoms with Crippen LogP contribution < -0.4 is 10.6 Å². The van der Waals surface area contributed by atoms with Gasteiger partial charge in [0, 0.05) is 41.0 Å². The fraction of sp³-hybridized carbons (Fsp3) is 0.759. The molecule has 2 aromatic rings. The zero-order chi connectivity index (χ0) is 63.3. The molecule has 4 aliphatic rings. The summed E-state index contributed by atoms with van der Waals surface area (Å²) in [6.45, 7) is 42.8. The molecule has 4 fully saturated rings. The van der Waals surface area contributed by atoms with Crippen LogP contribution in [0.5, 0.6) is 0 Å². The monoisotopic (exact) mass is 1420 g/mol. The molecule has 493 valence electrons. The molecule has 0 radical (unpaired) electrons. The first-order chi connectivity index (χ1) is 35.9. The summed E-state index contributed by atoms with van der Waals surface area (Å²) in [4.78, 5) is 26.5. The summed E-state index contributed by atoms with van der Waals surface area (Å²) in [5.74, 6) is -0.295. The normalized spacial score (nSPS) is 27.3. The number of nitrogens with zero attached hydrogens (tertiary/aromatic N) is 3. The first-order valence-electron chi connectivity index (χ1n) is 25.9. The summed E-state index contributed by atoms with van der Waals surface area (Å²) in [6, 6.07) is 20.5. The molecule has 2 aromatic carbocycles. The fourth-order valence-electron chi connectivity index (χ4n) is 8.01. The number of aliphatic hydroxyl groups excluding tert-OH is 1. The van der Waals surface area contributed by atoms with Crippen molar-refractivity contribution in [3.05, 3.63) is 71.8 Å². The Morgan fingerprint density at radius 2 is 1.10 bits per heavy atom. The van der Waals surface area contributed by atoms with E-state index in [4.69, 9.17) is 56.2 Å². The van der Waals surface area contributed by atoms with Crippen molar-refractivity contribution in [2.75, 3.05) is 61.2 Å². The molecular weight excluding hydrogens is 1320 g/mol. The number of esters is 2. The summed E-state index contributed by atoms with van der Waals surface area (Å²) in [7, 11) is 26.0. The number of benzene rings is 2. The number of cyclic esters (lactones) is 2. The van der Waals surface area contributed by atoms with Crippen molar-refractivity contribution in [1.29, 1.82) is 0 Å². The van der Waals surface area contributed by atoms with Gasteiger partial charge in [0.15, 0.2) is 0 Å². The van der Waals surface area contributed by atoms with Crippen LogP contribution in [0.15, 0.2) is 60.7 Å². The van der Waals surface area contributed by atoms with E-state index in [1.54, 1.807) is 11.4 Å². The molecule has 16 nitrogen and oxygen atoms in total. The molecule has 83 heavy (non-hydrogen) atoms. The van der Waals surface area contributed by atoms with Crippen LogP contribution in [0.3, 0.4) is 0 Å². The number of likely N-dealkylation sites (N-methyl/N-ethyl adjacent to an activating group) is 4. The van der Waals surface area contributed by atoms with Gasteiger partial charge < -0.3 is 19.9 Å². The number of morpholine rings is 2. The number of carbonyl (C=O) groups is 2. The van der Waals surface area contributed by atoms with Crippen molar-refractivity contribution in [2.45, 2.75) is 201 Å². The molecule has 25 heteroatoms. The number of ether oxygens (including phenoxy) is 2. The molecule has 1 unspecified atom stereocenters. The molecule has 0 amide bonds. The van der Waals surface area contributed by atoms with E-state index >= 15 is 0 Å². The van der Waals surface area contributed by atoms with E-state index in [1.165, 1.54) is 9.87 Å². The van der Waals surface area contributed by atoms with E-state index < -0.39 is 60.4 Å². The van der Waals surface area contributed by atoms with Gasteiger partial charge >= 0.3 is 64.3 Å². The Balaban J connectivity index is -0.000000458. The van der Waals surface area contributed by atoms with Crippen molar-refractivity contribution in [3.63, 3.8) is 0 Å². The summed E-state index contributed by atoms with van der Waals surface area (Å²) >= 11 is -3.00. The van der Waals surface area contributed by atoms with Crippen molar-refractivity contribution < 1.29 is 62.4 Å². The van der Waals surface area contributed by atoms with Gasteiger partial charge in [0.1, 0.15) is 24.3 Å². The predicted molar refractivity (Wildman–Crippen MR) is 349 cm³/mol. The third kappa shape index (κ3) is 23.9. The minimum atomic E-state index is -3.48. The Hall–Kier alpha value is -0.617. The van der Waals surface area contributed by atoms with Gasteiger partial charge in [0.2, 0.25) is 20.5 Å². The van der Waals surface area contributed by atoms with Gasteiger partial charge in [0.25, 0.3) is 0 Å². The summed E-state index contributed by atoms with van der Waals surface area (Å²) in [5.41, 5.74) is -0.0400. The third-order valence-corrected chi connectivity index (χ3v) is 19.8. The molecule has 0 bridgehead atoms. The van der Waals surface area contributed by atoms with E-state index in [2.05, 4.69) is 151 Å². The predicted octanol–water partition coefficient (Wildman–Crippen LogP) is 14.0. The third-order valence-electron chi connectivity index (χ3n) is 17.2. The topological polar surface area (TPSA) is 193 Å². The van der Waals surface area contributed by atoms with Crippen LogP contribution in [0.2, 0.25) is 0 Å². The molecule has 0 aromatic heterocycles. The Morgan fingerprint density at radius 3 is 1.36 bits per heavy atom. The van der Waals surface area contributed by atoms with Crippen LogP contribution in [-0.4, -0.2) is 136 Å². The van der Waals surface area contributed by atoms with Gasteiger partial charge in [-0.2, -0.15) is 17.0 Å². The van der Waals surface area contributed by atoms with Crippen LogP contribution in [0.4, 0.5) is 0 Å². The molecule has 0 aliphatic carbocycles. The van der Waals surface area contributed by atoms with Gasteiger partial charge in [-0.3, -0.25) is 28.2 Å². The average molecular weight is 1430 g/mol. The van der Waals surface area contributed by atoms with Crippen LogP contribution in [0.25, 0.3) is 0 Å². The van der Waals surface area contributed by atoms with Crippen molar-refractivity contribution in [3.8, 4) is 0 Å². The molecule has 0 spiro atoms.